The number of hydrogen-bond donors (Lipinski definition) is 0. The summed E-state index contributed by atoms with van der Waals surface area (Å²) in [6, 6.07) is 3.43. The molecule has 110 valence electrons. The third-order valence-electron chi connectivity index (χ3n) is 4.39. The fourth-order valence-electron chi connectivity index (χ4n) is 2.90. The van der Waals surface area contributed by atoms with Crippen molar-refractivity contribution in [2.24, 2.45) is 5.41 Å². The summed E-state index contributed by atoms with van der Waals surface area (Å²) in [6.07, 6.45) is 2.58. The van der Waals surface area contributed by atoms with E-state index in [0.717, 1.165) is 25.3 Å². The minimum absolute atomic E-state index is 0.0117. The molecule has 1 aliphatic carbocycles. The monoisotopic (exact) mass is 345 g/mol. The first-order valence-corrected chi connectivity index (χ1v) is 7.60. The Bertz CT molecular complexity index is 519. The molecule has 0 N–H and O–H groups in total. The summed E-state index contributed by atoms with van der Waals surface area (Å²) in [5.74, 6) is -0.486. The zero-order valence-electron chi connectivity index (χ0n) is 11.4. The lowest BCUT2D eigenvalue weighted by molar-refractivity contribution is -0.386. The van der Waals surface area contributed by atoms with Crippen molar-refractivity contribution in [3.05, 3.63) is 34.1 Å². The molecule has 0 amide bonds. The average Bonchev–Trinajstić information content (AvgIpc) is 2.41. The fraction of sp³-hybridized carbons (Fsp3) is 0.571. The number of alkyl halides is 1. The van der Waals surface area contributed by atoms with E-state index in [1.807, 2.05) is 0 Å². The lowest BCUT2D eigenvalue weighted by Gasteiger charge is -2.52. The van der Waals surface area contributed by atoms with E-state index in [9.17, 15) is 14.5 Å². The number of nitrogens with zero attached hydrogens (tertiary/aromatic N) is 1. The van der Waals surface area contributed by atoms with Gasteiger partial charge in [-0.05, 0) is 31.4 Å². The molecule has 0 saturated heterocycles. The first kappa shape index (κ1) is 15.2. The van der Waals surface area contributed by atoms with Crippen LogP contribution >= 0.6 is 15.9 Å². The molecular weight excluding hydrogens is 329 g/mol. The van der Waals surface area contributed by atoms with Gasteiger partial charge in [-0.2, -0.15) is 0 Å². The molecule has 1 aromatic rings. The minimum Gasteiger partial charge on any atom is -0.483 e. The summed E-state index contributed by atoms with van der Waals surface area (Å²) >= 11 is 3.64. The van der Waals surface area contributed by atoms with Gasteiger partial charge in [-0.25, -0.2) is 4.39 Å². The molecule has 20 heavy (non-hydrogen) atoms. The molecular formula is C14H17BrFNO3. The Morgan fingerprint density at radius 3 is 2.65 bits per heavy atom. The van der Waals surface area contributed by atoms with Crippen LogP contribution in [0.15, 0.2) is 18.2 Å². The number of hydrogen-bond acceptors (Lipinski definition) is 3. The lowest BCUT2D eigenvalue weighted by atomic mass is 9.62. The van der Waals surface area contributed by atoms with E-state index >= 15 is 0 Å². The van der Waals surface area contributed by atoms with Crippen LogP contribution in [0.1, 0.15) is 33.1 Å². The van der Waals surface area contributed by atoms with Crippen LogP contribution in [0.4, 0.5) is 10.1 Å². The van der Waals surface area contributed by atoms with Gasteiger partial charge in [-0.3, -0.25) is 10.1 Å². The topological polar surface area (TPSA) is 52.4 Å². The van der Waals surface area contributed by atoms with Crippen molar-refractivity contribution in [3.63, 3.8) is 0 Å². The maximum absolute atomic E-state index is 13.1. The van der Waals surface area contributed by atoms with Crippen LogP contribution in [0.3, 0.4) is 0 Å². The van der Waals surface area contributed by atoms with Crippen molar-refractivity contribution >= 4 is 21.6 Å². The Labute approximate surface area is 125 Å². The third kappa shape index (κ3) is 2.41. The number of nitro groups is 1. The molecule has 0 aliphatic heterocycles. The number of benzene rings is 1. The van der Waals surface area contributed by atoms with Crippen molar-refractivity contribution in [1.82, 2.24) is 0 Å². The summed E-state index contributed by atoms with van der Waals surface area (Å²) in [4.78, 5) is 10.7. The quantitative estimate of drug-likeness (QED) is 0.449. The van der Waals surface area contributed by atoms with Gasteiger partial charge in [0, 0.05) is 10.2 Å². The van der Waals surface area contributed by atoms with E-state index in [1.54, 1.807) is 0 Å². The predicted octanol–water partition coefficient (Wildman–Crippen LogP) is 4.45. The highest BCUT2D eigenvalue weighted by Crippen LogP contribution is 2.53. The molecule has 0 bridgehead atoms. The van der Waals surface area contributed by atoms with Crippen molar-refractivity contribution in [3.8, 4) is 5.75 Å². The van der Waals surface area contributed by atoms with Crippen molar-refractivity contribution in [2.75, 3.05) is 0 Å². The maximum Gasteiger partial charge on any atom is 0.313 e. The van der Waals surface area contributed by atoms with Gasteiger partial charge in [0.2, 0.25) is 0 Å². The molecule has 1 fully saturated rings. The number of ether oxygens (including phenoxy) is 1. The summed E-state index contributed by atoms with van der Waals surface area (Å²) in [5, 5.41) is 11.0. The van der Waals surface area contributed by atoms with Gasteiger partial charge in [-0.15, -0.1) is 0 Å². The van der Waals surface area contributed by atoms with Crippen LogP contribution in [-0.4, -0.2) is 15.9 Å². The van der Waals surface area contributed by atoms with Crippen LogP contribution in [0.2, 0.25) is 0 Å². The van der Waals surface area contributed by atoms with Crippen molar-refractivity contribution in [2.45, 2.75) is 44.0 Å². The van der Waals surface area contributed by atoms with E-state index in [0.29, 0.717) is 4.83 Å². The number of nitro benzene ring substituents is 1. The van der Waals surface area contributed by atoms with E-state index in [-0.39, 0.29) is 23.0 Å². The molecule has 0 spiro atoms. The normalized spacial score (nSPS) is 24.0. The highest BCUT2D eigenvalue weighted by Gasteiger charge is 2.53. The smallest absolute Gasteiger partial charge is 0.313 e. The van der Waals surface area contributed by atoms with Crippen molar-refractivity contribution < 1.29 is 14.1 Å². The van der Waals surface area contributed by atoms with Crippen LogP contribution in [0.5, 0.6) is 5.75 Å². The second kappa shape index (κ2) is 5.68. The lowest BCUT2D eigenvalue weighted by Crippen LogP contribution is -2.56. The Kier molecular flexibility index (Phi) is 4.32. The third-order valence-corrected chi connectivity index (χ3v) is 5.68. The SMILES string of the molecule is CCC1(CC)C(Br)CC1Oc1ccc(F)cc1[N+](=O)[O-]. The molecule has 0 aromatic heterocycles. The molecule has 1 aliphatic rings. The van der Waals surface area contributed by atoms with E-state index in [1.165, 1.54) is 12.1 Å². The van der Waals surface area contributed by atoms with Gasteiger partial charge in [0.15, 0.2) is 5.75 Å². The Morgan fingerprint density at radius 1 is 1.50 bits per heavy atom. The molecule has 2 rings (SSSR count). The Morgan fingerprint density at radius 2 is 2.15 bits per heavy atom. The molecule has 1 saturated carbocycles. The largest absolute Gasteiger partial charge is 0.483 e. The fourth-order valence-corrected chi connectivity index (χ4v) is 4.18. The Balaban J connectivity index is 2.25. The summed E-state index contributed by atoms with van der Waals surface area (Å²) in [6.45, 7) is 4.18. The molecule has 6 heteroatoms. The van der Waals surface area contributed by atoms with Gasteiger partial charge in [0.25, 0.3) is 0 Å². The van der Waals surface area contributed by atoms with Gasteiger partial charge in [0.05, 0.1) is 11.0 Å². The minimum atomic E-state index is -0.631. The molecule has 0 heterocycles. The second-order valence-electron chi connectivity index (χ2n) is 5.12. The first-order chi connectivity index (χ1) is 9.44. The summed E-state index contributed by atoms with van der Waals surface area (Å²) < 4.78 is 18.9. The number of halogens is 2. The first-order valence-electron chi connectivity index (χ1n) is 6.69. The second-order valence-corrected chi connectivity index (χ2v) is 6.22. The van der Waals surface area contributed by atoms with Crippen molar-refractivity contribution in [1.29, 1.82) is 0 Å². The van der Waals surface area contributed by atoms with Crippen LogP contribution < -0.4 is 4.74 Å². The zero-order valence-corrected chi connectivity index (χ0v) is 13.0. The highest BCUT2D eigenvalue weighted by molar-refractivity contribution is 9.09. The standard InChI is InChI=1S/C14H17BrFNO3/c1-3-14(4-2)12(15)8-13(14)20-11-6-5-9(16)7-10(11)17(18)19/h5-7,12-13H,3-4,8H2,1-2H3. The van der Waals surface area contributed by atoms with Crippen LogP contribution in [-0.2, 0) is 0 Å². The van der Waals surface area contributed by atoms with E-state index in [2.05, 4.69) is 29.8 Å². The predicted molar refractivity (Wildman–Crippen MR) is 77.8 cm³/mol. The number of rotatable bonds is 5. The summed E-state index contributed by atoms with van der Waals surface area (Å²) in [7, 11) is 0. The molecule has 4 nitrogen and oxygen atoms in total. The summed E-state index contributed by atoms with van der Waals surface area (Å²) in [5.41, 5.74) is -0.327. The average molecular weight is 346 g/mol. The van der Waals surface area contributed by atoms with Crippen LogP contribution in [0, 0.1) is 21.3 Å². The highest BCUT2D eigenvalue weighted by atomic mass is 79.9. The van der Waals surface area contributed by atoms with Gasteiger partial charge < -0.3 is 4.74 Å². The van der Waals surface area contributed by atoms with Gasteiger partial charge in [0.1, 0.15) is 11.9 Å². The molecule has 2 atom stereocenters. The molecule has 1 aromatic carbocycles. The van der Waals surface area contributed by atoms with Gasteiger partial charge >= 0.3 is 5.69 Å². The van der Waals surface area contributed by atoms with Gasteiger partial charge in [-0.1, -0.05) is 29.8 Å². The maximum atomic E-state index is 13.1. The molecule has 0 radical (unpaired) electrons. The van der Waals surface area contributed by atoms with E-state index in [4.69, 9.17) is 4.74 Å². The molecule has 2 unspecified atom stereocenters. The Hall–Kier alpha value is -1.17. The van der Waals surface area contributed by atoms with E-state index < -0.39 is 10.7 Å². The zero-order chi connectivity index (χ0) is 14.9. The van der Waals surface area contributed by atoms with Crippen LogP contribution in [0.25, 0.3) is 0 Å².